The van der Waals surface area contributed by atoms with E-state index in [9.17, 15) is 23.2 Å². The van der Waals surface area contributed by atoms with Gasteiger partial charge >= 0.3 is 0 Å². The van der Waals surface area contributed by atoms with Crippen LogP contribution in [0.4, 0.5) is 20.2 Å². The molecule has 3 rings (SSSR count). The SMILES string of the molecule is CN(C1CC1)[C@@H](C(N)=O)C(=O)Nc1ccc(N2CCOCC2=O)c(C(F)F)c1. The van der Waals surface area contributed by atoms with E-state index in [0.29, 0.717) is 0 Å². The van der Waals surface area contributed by atoms with Crippen molar-refractivity contribution in [1.29, 1.82) is 0 Å². The molecule has 3 N–H and O–H groups in total. The molecule has 1 atom stereocenters. The van der Waals surface area contributed by atoms with E-state index >= 15 is 0 Å². The fourth-order valence-electron chi connectivity index (χ4n) is 3.24. The number of nitrogens with zero attached hydrogens (tertiary/aromatic N) is 2. The highest BCUT2D eigenvalue weighted by atomic mass is 19.3. The Labute approximate surface area is 160 Å². The van der Waals surface area contributed by atoms with Gasteiger partial charge in [-0.3, -0.25) is 19.3 Å². The molecule has 0 unspecified atom stereocenters. The topological polar surface area (TPSA) is 105 Å². The van der Waals surface area contributed by atoms with Crippen LogP contribution in [0.1, 0.15) is 24.8 Å². The highest BCUT2D eigenvalue weighted by Gasteiger charge is 2.38. The van der Waals surface area contributed by atoms with E-state index in [4.69, 9.17) is 10.5 Å². The quantitative estimate of drug-likeness (QED) is 0.666. The second kappa shape index (κ2) is 8.19. The summed E-state index contributed by atoms with van der Waals surface area (Å²) < 4.78 is 32.2. The number of likely N-dealkylation sites (N-methyl/N-ethyl adjacent to an activating group) is 1. The van der Waals surface area contributed by atoms with Crippen molar-refractivity contribution < 1.29 is 27.9 Å². The largest absolute Gasteiger partial charge is 0.370 e. The number of nitrogens with one attached hydrogen (secondary N) is 1. The molecule has 0 aromatic heterocycles. The van der Waals surface area contributed by atoms with Crippen LogP contribution in [0, 0.1) is 0 Å². The lowest BCUT2D eigenvalue weighted by Crippen LogP contribution is -2.51. The number of carbonyl (C=O) groups excluding carboxylic acids is 3. The van der Waals surface area contributed by atoms with Gasteiger partial charge in [-0.15, -0.1) is 0 Å². The fourth-order valence-corrected chi connectivity index (χ4v) is 3.24. The molecule has 1 aliphatic heterocycles. The smallest absolute Gasteiger partial charge is 0.265 e. The number of halogens is 2. The summed E-state index contributed by atoms with van der Waals surface area (Å²) in [4.78, 5) is 39.0. The summed E-state index contributed by atoms with van der Waals surface area (Å²) in [6, 6.07) is 2.79. The predicted molar refractivity (Wildman–Crippen MR) is 97.0 cm³/mol. The molecule has 152 valence electrons. The summed E-state index contributed by atoms with van der Waals surface area (Å²) in [5.74, 6) is -1.90. The summed E-state index contributed by atoms with van der Waals surface area (Å²) in [6.45, 7) is 0.246. The molecule has 0 spiro atoms. The number of carbonyl (C=O) groups is 3. The summed E-state index contributed by atoms with van der Waals surface area (Å²) in [5.41, 5.74) is 5.14. The lowest BCUT2D eigenvalue weighted by molar-refractivity contribution is -0.132. The van der Waals surface area contributed by atoms with E-state index in [-0.39, 0.29) is 42.7 Å². The lowest BCUT2D eigenvalue weighted by Gasteiger charge is -2.29. The fraction of sp³-hybridized carbons (Fsp3) is 0.500. The molecule has 28 heavy (non-hydrogen) atoms. The molecular weight excluding hydrogens is 374 g/mol. The van der Waals surface area contributed by atoms with E-state index in [2.05, 4.69) is 5.32 Å². The zero-order valence-electron chi connectivity index (χ0n) is 15.4. The Balaban J connectivity index is 1.82. The Bertz CT molecular complexity index is 785. The van der Waals surface area contributed by atoms with Crippen LogP contribution in [-0.2, 0) is 19.1 Å². The summed E-state index contributed by atoms with van der Waals surface area (Å²) in [6.07, 6.45) is -1.12. The number of alkyl halides is 2. The average Bonchev–Trinajstić information content (AvgIpc) is 3.47. The van der Waals surface area contributed by atoms with Gasteiger partial charge in [0.2, 0.25) is 5.91 Å². The van der Waals surface area contributed by atoms with Crippen LogP contribution in [0.2, 0.25) is 0 Å². The van der Waals surface area contributed by atoms with Gasteiger partial charge in [-0.1, -0.05) is 0 Å². The summed E-state index contributed by atoms with van der Waals surface area (Å²) in [5, 5.41) is 2.48. The molecule has 1 aromatic rings. The van der Waals surface area contributed by atoms with Crippen molar-refractivity contribution in [3.63, 3.8) is 0 Å². The van der Waals surface area contributed by atoms with Gasteiger partial charge in [0.05, 0.1) is 12.3 Å². The van der Waals surface area contributed by atoms with Crippen LogP contribution in [-0.4, -0.2) is 61.5 Å². The van der Waals surface area contributed by atoms with Gasteiger partial charge in [0.15, 0.2) is 6.04 Å². The lowest BCUT2D eigenvalue weighted by atomic mass is 10.1. The second-order valence-electron chi connectivity index (χ2n) is 6.86. The number of benzene rings is 1. The first-order valence-electron chi connectivity index (χ1n) is 8.92. The number of ether oxygens (including phenoxy) is 1. The van der Waals surface area contributed by atoms with Crippen molar-refractivity contribution in [3.8, 4) is 0 Å². The Hall–Kier alpha value is -2.59. The van der Waals surface area contributed by atoms with E-state index in [1.165, 1.54) is 17.0 Å². The van der Waals surface area contributed by atoms with Crippen molar-refractivity contribution in [3.05, 3.63) is 23.8 Å². The zero-order chi connectivity index (χ0) is 20.4. The van der Waals surface area contributed by atoms with Gasteiger partial charge in [-0.2, -0.15) is 0 Å². The zero-order valence-corrected chi connectivity index (χ0v) is 15.4. The number of anilines is 2. The minimum atomic E-state index is -2.86. The molecule has 0 radical (unpaired) electrons. The third kappa shape index (κ3) is 4.28. The van der Waals surface area contributed by atoms with Crippen LogP contribution in [0.5, 0.6) is 0 Å². The van der Waals surface area contributed by atoms with Gasteiger partial charge < -0.3 is 20.7 Å². The minimum absolute atomic E-state index is 0.0721. The van der Waals surface area contributed by atoms with Gasteiger partial charge in [-0.05, 0) is 38.1 Å². The van der Waals surface area contributed by atoms with Crippen LogP contribution < -0.4 is 16.0 Å². The molecule has 1 aromatic carbocycles. The van der Waals surface area contributed by atoms with Gasteiger partial charge in [0.25, 0.3) is 18.2 Å². The number of morpholine rings is 1. The third-order valence-electron chi connectivity index (χ3n) is 4.85. The monoisotopic (exact) mass is 396 g/mol. The number of amides is 3. The van der Waals surface area contributed by atoms with Crippen molar-refractivity contribution in [2.45, 2.75) is 31.4 Å². The molecule has 2 fully saturated rings. The maximum atomic E-state index is 13.6. The van der Waals surface area contributed by atoms with E-state index in [0.717, 1.165) is 18.9 Å². The maximum Gasteiger partial charge on any atom is 0.265 e. The molecule has 8 nitrogen and oxygen atoms in total. The molecule has 3 amide bonds. The van der Waals surface area contributed by atoms with Gasteiger partial charge in [-0.25, -0.2) is 8.78 Å². The van der Waals surface area contributed by atoms with Crippen molar-refractivity contribution >= 4 is 29.1 Å². The normalized spacial score (nSPS) is 18.5. The van der Waals surface area contributed by atoms with Crippen molar-refractivity contribution in [1.82, 2.24) is 4.90 Å². The number of hydrogen-bond acceptors (Lipinski definition) is 5. The van der Waals surface area contributed by atoms with Crippen LogP contribution >= 0.6 is 0 Å². The van der Waals surface area contributed by atoms with Gasteiger partial charge in [0.1, 0.15) is 6.61 Å². The summed E-state index contributed by atoms with van der Waals surface area (Å²) >= 11 is 0. The first-order valence-corrected chi connectivity index (χ1v) is 8.92. The standard InChI is InChI=1S/C18H22F2N4O4/c1-23(11-3-4-11)15(17(21)26)18(27)22-10-2-5-13(12(8-10)16(19)20)24-6-7-28-9-14(24)25/h2,5,8,11,15-16H,3-4,6-7,9H2,1H3,(H2,21,26)(H,22,27)/t15-/m0/s1. The Morgan fingerprint density at radius 2 is 2.07 bits per heavy atom. The molecular formula is C18H22F2N4O4. The Kier molecular flexibility index (Phi) is 5.90. The van der Waals surface area contributed by atoms with Crippen molar-refractivity contribution in [2.75, 3.05) is 37.0 Å². The molecule has 10 heteroatoms. The molecule has 1 saturated heterocycles. The molecule has 1 saturated carbocycles. The predicted octanol–water partition coefficient (Wildman–Crippen LogP) is 0.874. The van der Waals surface area contributed by atoms with Crippen molar-refractivity contribution in [2.24, 2.45) is 5.73 Å². The highest BCUT2D eigenvalue weighted by molar-refractivity contribution is 6.09. The van der Waals surface area contributed by atoms with E-state index in [1.807, 2.05) is 0 Å². The Morgan fingerprint density at radius 1 is 1.36 bits per heavy atom. The number of nitrogens with two attached hydrogens (primary N) is 1. The second-order valence-corrected chi connectivity index (χ2v) is 6.86. The van der Waals surface area contributed by atoms with E-state index in [1.54, 1.807) is 11.9 Å². The van der Waals surface area contributed by atoms with Crippen LogP contribution in [0.25, 0.3) is 0 Å². The van der Waals surface area contributed by atoms with Gasteiger partial charge in [0, 0.05) is 23.8 Å². The average molecular weight is 396 g/mol. The third-order valence-corrected chi connectivity index (χ3v) is 4.85. The van der Waals surface area contributed by atoms with Crippen LogP contribution in [0.15, 0.2) is 18.2 Å². The van der Waals surface area contributed by atoms with Crippen LogP contribution in [0.3, 0.4) is 0 Å². The number of hydrogen-bond donors (Lipinski definition) is 2. The molecule has 0 bridgehead atoms. The Morgan fingerprint density at radius 3 is 2.64 bits per heavy atom. The molecule has 1 aliphatic carbocycles. The number of primary amides is 1. The molecule has 1 heterocycles. The minimum Gasteiger partial charge on any atom is -0.370 e. The number of rotatable bonds is 7. The first-order chi connectivity index (χ1) is 13.3. The maximum absolute atomic E-state index is 13.6. The first kappa shape index (κ1) is 20.2. The van der Waals surface area contributed by atoms with E-state index < -0.39 is 30.2 Å². The highest BCUT2D eigenvalue weighted by Crippen LogP contribution is 2.33. The summed E-state index contributed by atoms with van der Waals surface area (Å²) in [7, 11) is 1.63. The molecule has 2 aliphatic rings.